The molecule has 1 saturated carbocycles. The molecule has 0 heterocycles. The highest BCUT2D eigenvalue weighted by atomic mass is 16.4. The lowest BCUT2D eigenvalue weighted by Crippen LogP contribution is -2.28. The van der Waals surface area contributed by atoms with Gasteiger partial charge in [0.1, 0.15) is 0 Å². The van der Waals surface area contributed by atoms with Gasteiger partial charge in [-0.25, -0.2) is 0 Å². The van der Waals surface area contributed by atoms with Crippen molar-refractivity contribution in [3.63, 3.8) is 0 Å². The predicted octanol–water partition coefficient (Wildman–Crippen LogP) is 3.70. The Morgan fingerprint density at radius 3 is 2.67 bits per heavy atom. The summed E-state index contributed by atoms with van der Waals surface area (Å²) in [7, 11) is 0. The van der Waals surface area contributed by atoms with E-state index in [1.54, 1.807) is 0 Å². The molecule has 1 aliphatic rings. The Kier molecular flexibility index (Phi) is 5.13. The standard InChI is InChI=1S/C13H24O2/c1-3-6-10(2)9-11-7-4-5-8-12(11)13(14)15/h10-12H,3-9H2,1-2H3,(H,14,15). The molecule has 3 atom stereocenters. The second-order valence-electron chi connectivity index (χ2n) is 5.12. The Morgan fingerprint density at radius 2 is 2.07 bits per heavy atom. The molecule has 0 aromatic heterocycles. The van der Waals surface area contributed by atoms with Crippen LogP contribution in [0.1, 0.15) is 58.8 Å². The first kappa shape index (κ1) is 12.5. The van der Waals surface area contributed by atoms with Gasteiger partial charge in [0.2, 0.25) is 0 Å². The molecule has 1 fully saturated rings. The second kappa shape index (κ2) is 6.14. The molecule has 15 heavy (non-hydrogen) atoms. The van der Waals surface area contributed by atoms with Gasteiger partial charge in [0, 0.05) is 0 Å². The van der Waals surface area contributed by atoms with Crippen molar-refractivity contribution in [2.45, 2.75) is 58.8 Å². The van der Waals surface area contributed by atoms with E-state index in [9.17, 15) is 4.79 Å². The van der Waals surface area contributed by atoms with Gasteiger partial charge < -0.3 is 5.11 Å². The molecule has 1 aliphatic carbocycles. The fourth-order valence-electron chi connectivity index (χ4n) is 2.94. The lowest BCUT2D eigenvalue weighted by Gasteiger charge is -2.30. The van der Waals surface area contributed by atoms with E-state index in [4.69, 9.17) is 5.11 Å². The summed E-state index contributed by atoms with van der Waals surface area (Å²) in [5.74, 6) is 0.513. The molecule has 0 bridgehead atoms. The van der Waals surface area contributed by atoms with Crippen LogP contribution in [0.5, 0.6) is 0 Å². The normalized spacial score (nSPS) is 28.7. The first-order chi connectivity index (χ1) is 7.15. The van der Waals surface area contributed by atoms with Crippen LogP contribution < -0.4 is 0 Å². The average molecular weight is 212 g/mol. The average Bonchev–Trinajstić information content (AvgIpc) is 2.18. The Balaban J connectivity index is 2.45. The maximum Gasteiger partial charge on any atom is 0.306 e. The summed E-state index contributed by atoms with van der Waals surface area (Å²) in [6, 6.07) is 0. The molecule has 0 aromatic rings. The molecular formula is C13H24O2. The Hall–Kier alpha value is -0.530. The van der Waals surface area contributed by atoms with Crippen molar-refractivity contribution in [2.24, 2.45) is 17.8 Å². The Bertz CT molecular complexity index is 201. The van der Waals surface area contributed by atoms with Crippen LogP contribution >= 0.6 is 0 Å². The molecule has 88 valence electrons. The summed E-state index contributed by atoms with van der Waals surface area (Å²) in [5.41, 5.74) is 0. The zero-order valence-corrected chi connectivity index (χ0v) is 10.0. The van der Waals surface area contributed by atoms with Gasteiger partial charge in [-0.05, 0) is 31.1 Å². The van der Waals surface area contributed by atoms with Gasteiger partial charge >= 0.3 is 5.97 Å². The van der Waals surface area contributed by atoms with Gasteiger partial charge in [0.15, 0.2) is 0 Å². The van der Waals surface area contributed by atoms with Crippen LogP contribution in [0.25, 0.3) is 0 Å². The van der Waals surface area contributed by atoms with Gasteiger partial charge in [-0.15, -0.1) is 0 Å². The molecule has 0 aliphatic heterocycles. The Labute approximate surface area is 93.1 Å². The van der Waals surface area contributed by atoms with E-state index in [2.05, 4.69) is 13.8 Å². The van der Waals surface area contributed by atoms with E-state index in [-0.39, 0.29) is 5.92 Å². The van der Waals surface area contributed by atoms with E-state index in [1.807, 2.05) is 0 Å². The first-order valence-corrected chi connectivity index (χ1v) is 6.38. The van der Waals surface area contributed by atoms with Crippen molar-refractivity contribution in [1.29, 1.82) is 0 Å². The Morgan fingerprint density at radius 1 is 1.40 bits per heavy atom. The third-order valence-electron chi connectivity index (χ3n) is 3.71. The van der Waals surface area contributed by atoms with E-state index in [0.29, 0.717) is 11.8 Å². The third kappa shape index (κ3) is 3.84. The topological polar surface area (TPSA) is 37.3 Å². The van der Waals surface area contributed by atoms with Gasteiger partial charge in [0.25, 0.3) is 0 Å². The number of hydrogen-bond acceptors (Lipinski definition) is 1. The highest BCUT2D eigenvalue weighted by molar-refractivity contribution is 5.70. The van der Waals surface area contributed by atoms with Gasteiger partial charge in [-0.3, -0.25) is 4.79 Å². The van der Waals surface area contributed by atoms with Crippen LogP contribution in [0.3, 0.4) is 0 Å². The van der Waals surface area contributed by atoms with Gasteiger partial charge in [0.05, 0.1) is 5.92 Å². The number of carbonyl (C=O) groups is 1. The molecule has 1 N–H and O–H groups in total. The molecule has 0 radical (unpaired) electrons. The SMILES string of the molecule is CCCC(C)CC1CCCCC1C(=O)O. The fraction of sp³-hybridized carbons (Fsp3) is 0.923. The molecule has 2 heteroatoms. The second-order valence-corrected chi connectivity index (χ2v) is 5.12. The zero-order valence-electron chi connectivity index (χ0n) is 10.0. The molecule has 1 rings (SSSR count). The van der Waals surface area contributed by atoms with Crippen molar-refractivity contribution in [2.75, 3.05) is 0 Å². The summed E-state index contributed by atoms with van der Waals surface area (Å²) in [6.45, 7) is 4.46. The number of rotatable bonds is 5. The molecule has 0 amide bonds. The van der Waals surface area contributed by atoms with Crippen molar-refractivity contribution in [3.8, 4) is 0 Å². The minimum Gasteiger partial charge on any atom is -0.481 e. The summed E-state index contributed by atoms with van der Waals surface area (Å²) in [6.07, 6.45) is 7.94. The lowest BCUT2D eigenvalue weighted by atomic mass is 9.74. The van der Waals surface area contributed by atoms with Crippen LogP contribution in [0, 0.1) is 17.8 Å². The van der Waals surface area contributed by atoms with E-state index in [1.165, 1.54) is 19.3 Å². The molecule has 0 spiro atoms. The van der Waals surface area contributed by atoms with Crippen molar-refractivity contribution in [1.82, 2.24) is 0 Å². The number of carboxylic acid groups (broad SMARTS) is 1. The van der Waals surface area contributed by atoms with Crippen LogP contribution in [-0.4, -0.2) is 11.1 Å². The molecule has 3 unspecified atom stereocenters. The third-order valence-corrected chi connectivity index (χ3v) is 3.71. The first-order valence-electron chi connectivity index (χ1n) is 6.38. The quantitative estimate of drug-likeness (QED) is 0.754. The number of hydrogen-bond donors (Lipinski definition) is 1. The van der Waals surface area contributed by atoms with Crippen molar-refractivity contribution < 1.29 is 9.90 Å². The van der Waals surface area contributed by atoms with Gasteiger partial charge in [-0.1, -0.05) is 39.5 Å². The summed E-state index contributed by atoms with van der Waals surface area (Å²) in [4.78, 5) is 11.1. The van der Waals surface area contributed by atoms with Crippen molar-refractivity contribution in [3.05, 3.63) is 0 Å². The van der Waals surface area contributed by atoms with E-state index >= 15 is 0 Å². The molecule has 0 saturated heterocycles. The predicted molar refractivity (Wildman–Crippen MR) is 61.8 cm³/mol. The number of aliphatic carboxylic acids is 1. The van der Waals surface area contributed by atoms with E-state index < -0.39 is 5.97 Å². The highest BCUT2D eigenvalue weighted by Crippen LogP contribution is 2.35. The van der Waals surface area contributed by atoms with Crippen LogP contribution in [0.2, 0.25) is 0 Å². The number of carboxylic acids is 1. The van der Waals surface area contributed by atoms with E-state index in [0.717, 1.165) is 25.7 Å². The summed E-state index contributed by atoms with van der Waals surface area (Å²) < 4.78 is 0. The maximum absolute atomic E-state index is 11.1. The minimum atomic E-state index is -0.566. The molecular weight excluding hydrogens is 188 g/mol. The highest BCUT2D eigenvalue weighted by Gasteiger charge is 2.31. The van der Waals surface area contributed by atoms with Crippen LogP contribution in [0.4, 0.5) is 0 Å². The van der Waals surface area contributed by atoms with Gasteiger partial charge in [-0.2, -0.15) is 0 Å². The summed E-state index contributed by atoms with van der Waals surface area (Å²) >= 11 is 0. The fourth-order valence-corrected chi connectivity index (χ4v) is 2.94. The minimum absolute atomic E-state index is 0.0574. The maximum atomic E-state index is 11.1. The lowest BCUT2D eigenvalue weighted by molar-refractivity contribution is -0.145. The molecule has 0 aromatic carbocycles. The largest absolute Gasteiger partial charge is 0.481 e. The molecule has 2 nitrogen and oxygen atoms in total. The van der Waals surface area contributed by atoms with Crippen molar-refractivity contribution >= 4 is 5.97 Å². The summed E-state index contributed by atoms with van der Waals surface area (Å²) in [5, 5.41) is 9.15. The smallest absolute Gasteiger partial charge is 0.306 e. The van der Waals surface area contributed by atoms with Crippen LogP contribution in [0.15, 0.2) is 0 Å². The zero-order chi connectivity index (χ0) is 11.3. The monoisotopic (exact) mass is 212 g/mol. The van der Waals surface area contributed by atoms with Crippen LogP contribution in [-0.2, 0) is 4.79 Å².